The van der Waals surface area contributed by atoms with Gasteiger partial charge in [0.05, 0.1) is 12.2 Å². The maximum absolute atomic E-state index is 10.2. The summed E-state index contributed by atoms with van der Waals surface area (Å²) in [4.78, 5) is 0. The Morgan fingerprint density at radius 2 is 2.33 bits per heavy atom. The van der Waals surface area contributed by atoms with Gasteiger partial charge in [-0.1, -0.05) is 0 Å². The topological polar surface area (TPSA) is 29.5 Å². The fraction of sp³-hybridized carbons (Fsp3) is 1.00. The van der Waals surface area contributed by atoms with E-state index in [9.17, 15) is 5.11 Å². The molecular weight excluding hydrogens is 152 g/mol. The minimum absolute atomic E-state index is 0.459. The average molecular weight is 170 g/mol. The van der Waals surface area contributed by atoms with E-state index in [1.807, 2.05) is 6.92 Å². The Balaban J connectivity index is 1.93. The molecule has 0 spiro atoms. The molecule has 0 aromatic heterocycles. The third kappa shape index (κ3) is 1.27. The Morgan fingerprint density at radius 3 is 2.83 bits per heavy atom. The quantitative estimate of drug-likeness (QED) is 0.696. The molecule has 3 atom stereocenters. The Labute approximate surface area is 73.9 Å². The van der Waals surface area contributed by atoms with Crippen LogP contribution in [-0.2, 0) is 4.74 Å². The molecule has 70 valence electrons. The van der Waals surface area contributed by atoms with Crippen LogP contribution in [0.1, 0.15) is 32.6 Å². The van der Waals surface area contributed by atoms with Crippen molar-refractivity contribution in [3.05, 3.63) is 0 Å². The summed E-state index contributed by atoms with van der Waals surface area (Å²) < 4.78 is 5.32. The molecule has 0 aromatic rings. The summed E-state index contributed by atoms with van der Waals surface area (Å²) >= 11 is 0. The molecule has 12 heavy (non-hydrogen) atoms. The lowest BCUT2D eigenvalue weighted by molar-refractivity contribution is -0.0784. The first-order valence-corrected chi connectivity index (χ1v) is 5.05. The molecule has 0 saturated heterocycles. The molecule has 0 amide bonds. The Hall–Kier alpha value is -0.0800. The van der Waals surface area contributed by atoms with Crippen LogP contribution in [-0.4, -0.2) is 23.9 Å². The molecule has 2 heteroatoms. The van der Waals surface area contributed by atoms with Crippen LogP contribution in [0.5, 0.6) is 0 Å². The van der Waals surface area contributed by atoms with Crippen LogP contribution >= 0.6 is 0 Å². The molecule has 2 fully saturated rings. The smallest absolute Gasteiger partial charge is 0.0910 e. The van der Waals surface area contributed by atoms with E-state index in [0.717, 1.165) is 18.9 Å². The van der Waals surface area contributed by atoms with Crippen molar-refractivity contribution in [2.45, 2.75) is 38.2 Å². The predicted molar refractivity (Wildman–Crippen MR) is 46.9 cm³/mol. The van der Waals surface area contributed by atoms with Gasteiger partial charge in [-0.25, -0.2) is 0 Å². The maximum Gasteiger partial charge on any atom is 0.0910 e. The van der Waals surface area contributed by atoms with Crippen molar-refractivity contribution in [2.24, 2.45) is 11.8 Å². The standard InChI is InChI=1S/C10H18O2/c1-2-12-7-10(11)6-8-3-4-9(10)5-8/h8-9,11H,2-7H2,1H3. The van der Waals surface area contributed by atoms with Crippen LogP contribution in [0.2, 0.25) is 0 Å². The van der Waals surface area contributed by atoms with Gasteiger partial charge in [-0.2, -0.15) is 0 Å². The summed E-state index contributed by atoms with van der Waals surface area (Å²) in [6.07, 6.45) is 4.77. The van der Waals surface area contributed by atoms with Gasteiger partial charge in [0.2, 0.25) is 0 Å². The minimum atomic E-state index is -0.459. The van der Waals surface area contributed by atoms with Crippen molar-refractivity contribution in [3.63, 3.8) is 0 Å². The molecule has 0 aliphatic heterocycles. The maximum atomic E-state index is 10.2. The van der Waals surface area contributed by atoms with Crippen molar-refractivity contribution in [1.82, 2.24) is 0 Å². The highest BCUT2D eigenvalue weighted by molar-refractivity contribution is 5.00. The lowest BCUT2D eigenvalue weighted by atomic mass is 9.85. The zero-order valence-electron chi connectivity index (χ0n) is 7.75. The third-order valence-corrected chi connectivity index (χ3v) is 3.50. The number of fused-ring (bicyclic) bond motifs is 2. The largest absolute Gasteiger partial charge is 0.387 e. The number of ether oxygens (including phenoxy) is 1. The Kier molecular flexibility index (Phi) is 2.13. The highest BCUT2D eigenvalue weighted by atomic mass is 16.5. The molecule has 2 aliphatic carbocycles. The van der Waals surface area contributed by atoms with E-state index in [-0.39, 0.29) is 0 Å². The van der Waals surface area contributed by atoms with Crippen molar-refractivity contribution in [3.8, 4) is 0 Å². The van der Waals surface area contributed by atoms with Gasteiger partial charge in [0.25, 0.3) is 0 Å². The van der Waals surface area contributed by atoms with Crippen LogP contribution in [0.3, 0.4) is 0 Å². The van der Waals surface area contributed by atoms with Gasteiger partial charge in [-0.15, -0.1) is 0 Å². The SMILES string of the molecule is CCOCC1(O)CC2CCC1C2. The second-order valence-corrected chi connectivity index (χ2v) is 4.32. The van der Waals surface area contributed by atoms with Gasteiger partial charge >= 0.3 is 0 Å². The lowest BCUT2D eigenvalue weighted by Crippen LogP contribution is -2.40. The highest BCUT2D eigenvalue weighted by Gasteiger charge is 2.49. The van der Waals surface area contributed by atoms with Crippen molar-refractivity contribution in [1.29, 1.82) is 0 Å². The van der Waals surface area contributed by atoms with Gasteiger partial charge in [-0.3, -0.25) is 0 Å². The van der Waals surface area contributed by atoms with Crippen molar-refractivity contribution >= 4 is 0 Å². The number of hydrogen-bond acceptors (Lipinski definition) is 2. The van der Waals surface area contributed by atoms with Crippen LogP contribution in [0.4, 0.5) is 0 Å². The summed E-state index contributed by atoms with van der Waals surface area (Å²) in [6, 6.07) is 0. The van der Waals surface area contributed by atoms with E-state index in [4.69, 9.17) is 4.74 Å². The van der Waals surface area contributed by atoms with Crippen LogP contribution in [0, 0.1) is 11.8 Å². The van der Waals surface area contributed by atoms with Gasteiger partial charge in [0.1, 0.15) is 0 Å². The van der Waals surface area contributed by atoms with Crippen molar-refractivity contribution < 1.29 is 9.84 Å². The molecule has 3 unspecified atom stereocenters. The summed E-state index contributed by atoms with van der Waals surface area (Å²) in [7, 11) is 0. The normalized spacial score (nSPS) is 45.5. The molecule has 0 aromatic carbocycles. The molecular formula is C10H18O2. The second-order valence-electron chi connectivity index (χ2n) is 4.32. The zero-order valence-corrected chi connectivity index (χ0v) is 7.75. The van der Waals surface area contributed by atoms with E-state index in [0.29, 0.717) is 12.5 Å². The molecule has 2 nitrogen and oxygen atoms in total. The lowest BCUT2D eigenvalue weighted by Gasteiger charge is -2.31. The molecule has 2 aliphatic rings. The van der Waals surface area contributed by atoms with E-state index < -0.39 is 5.60 Å². The van der Waals surface area contributed by atoms with Crippen molar-refractivity contribution in [2.75, 3.05) is 13.2 Å². The monoisotopic (exact) mass is 170 g/mol. The van der Waals surface area contributed by atoms with Gasteiger partial charge < -0.3 is 9.84 Å². The second kappa shape index (κ2) is 3.00. The van der Waals surface area contributed by atoms with Crippen LogP contribution in [0.15, 0.2) is 0 Å². The van der Waals surface area contributed by atoms with Gasteiger partial charge in [-0.05, 0) is 44.4 Å². The summed E-state index contributed by atoms with van der Waals surface area (Å²) in [5.41, 5.74) is -0.459. The van der Waals surface area contributed by atoms with E-state index in [1.165, 1.54) is 19.3 Å². The Morgan fingerprint density at radius 1 is 1.50 bits per heavy atom. The first-order chi connectivity index (χ1) is 5.74. The van der Waals surface area contributed by atoms with Crippen LogP contribution in [0.25, 0.3) is 0 Å². The molecule has 2 saturated carbocycles. The van der Waals surface area contributed by atoms with Gasteiger partial charge in [0.15, 0.2) is 0 Å². The summed E-state index contributed by atoms with van der Waals surface area (Å²) in [5.74, 6) is 1.33. The Bertz CT molecular complexity index is 169. The number of hydrogen-bond donors (Lipinski definition) is 1. The van der Waals surface area contributed by atoms with E-state index >= 15 is 0 Å². The molecule has 0 radical (unpaired) electrons. The fourth-order valence-corrected chi connectivity index (χ4v) is 2.87. The molecule has 0 heterocycles. The average Bonchev–Trinajstić information content (AvgIpc) is 2.60. The number of aliphatic hydroxyl groups is 1. The minimum Gasteiger partial charge on any atom is -0.387 e. The first-order valence-electron chi connectivity index (χ1n) is 5.05. The fourth-order valence-electron chi connectivity index (χ4n) is 2.87. The molecule has 2 bridgehead atoms. The van der Waals surface area contributed by atoms with E-state index in [1.54, 1.807) is 0 Å². The molecule has 1 N–H and O–H groups in total. The van der Waals surface area contributed by atoms with Gasteiger partial charge in [0, 0.05) is 6.61 Å². The zero-order chi connectivity index (χ0) is 8.60. The highest BCUT2D eigenvalue weighted by Crippen LogP contribution is 2.50. The summed E-state index contributed by atoms with van der Waals surface area (Å²) in [5, 5.41) is 10.2. The summed E-state index contributed by atoms with van der Waals surface area (Å²) in [6.45, 7) is 3.26. The third-order valence-electron chi connectivity index (χ3n) is 3.50. The first kappa shape index (κ1) is 8.52. The van der Waals surface area contributed by atoms with Crippen LogP contribution < -0.4 is 0 Å². The predicted octanol–water partition coefficient (Wildman–Crippen LogP) is 1.57. The molecule has 2 rings (SSSR count). The van der Waals surface area contributed by atoms with E-state index in [2.05, 4.69) is 0 Å². The number of rotatable bonds is 3.